The highest BCUT2D eigenvalue weighted by Crippen LogP contribution is 2.33. The number of benzene rings is 2. The molecule has 8 heteroatoms. The number of anilines is 2. The average molecular weight is 407 g/mol. The van der Waals surface area contributed by atoms with Crippen LogP contribution in [-0.2, 0) is 14.8 Å². The van der Waals surface area contributed by atoms with Gasteiger partial charge in [-0.15, -0.1) is 0 Å². The molecule has 0 aliphatic heterocycles. The number of ether oxygens (including phenoxy) is 2. The molecule has 0 radical (unpaired) electrons. The van der Waals surface area contributed by atoms with Gasteiger partial charge in [0, 0.05) is 11.8 Å². The summed E-state index contributed by atoms with van der Waals surface area (Å²) in [5.41, 5.74) is 2.93. The SMILES string of the molecule is COc1ccc(N([C@@H](C)C(=O)Nc2ccc(C)cc2C)S(C)(=O)=O)cc1OC. The van der Waals surface area contributed by atoms with Crippen LogP contribution in [0, 0.1) is 13.8 Å². The summed E-state index contributed by atoms with van der Waals surface area (Å²) in [6.07, 6.45) is 1.06. The zero-order valence-electron chi connectivity index (χ0n) is 16.9. The van der Waals surface area contributed by atoms with E-state index in [1.807, 2.05) is 26.0 Å². The Balaban J connectivity index is 2.39. The van der Waals surface area contributed by atoms with Crippen LogP contribution in [0.25, 0.3) is 0 Å². The van der Waals surface area contributed by atoms with E-state index < -0.39 is 22.0 Å². The summed E-state index contributed by atoms with van der Waals surface area (Å²) in [5.74, 6) is 0.398. The van der Waals surface area contributed by atoms with E-state index in [1.165, 1.54) is 27.2 Å². The van der Waals surface area contributed by atoms with Crippen molar-refractivity contribution in [3.63, 3.8) is 0 Å². The van der Waals surface area contributed by atoms with Crippen LogP contribution < -0.4 is 19.1 Å². The first-order chi connectivity index (χ1) is 13.1. The van der Waals surface area contributed by atoms with Crippen LogP contribution in [0.15, 0.2) is 36.4 Å². The molecule has 28 heavy (non-hydrogen) atoms. The lowest BCUT2D eigenvalue weighted by atomic mass is 10.1. The van der Waals surface area contributed by atoms with Crippen LogP contribution >= 0.6 is 0 Å². The van der Waals surface area contributed by atoms with Gasteiger partial charge in [-0.25, -0.2) is 8.42 Å². The molecule has 2 aromatic carbocycles. The Morgan fingerprint density at radius 1 is 1.04 bits per heavy atom. The molecule has 7 nitrogen and oxygen atoms in total. The van der Waals surface area contributed by atoms with E-state index in [0.29, 0.717) is 22.9 Å². The number of hydrogen-bond donors (Lipinski definition) is 1. The minimum atomic E-state index is -3.74. The molecular weight excluding hydrogens is 380 g/mol. The van der Waals surface area contributed by atoms with E-state index in [0.717, 1.165) is 21.7 Å². The van der Waals surface area contributed by atoms with E-state index >= 15 is 0 Å². The molecule has 1 amide bonds. The molecule has 0 aliphatic rings. The molecule has 0 unspecified atom stereocenters. The summed E-state index contributed by atoms with van der Waals surface area (Å²) >= 11 is 0. The number of methoxy groups -OCH3 is 2. The number of nitrogens with zero attached hydrogens (tertiary/aromatic N) is 1. The van der Waals surface area contributed by atoms with Crippen molar-refractivity contribution >= 4 is 27.3 Å². The maximum atomic E-state index is 12.8. The van der Waals surface area contributed by atoms with Gasteiger partial charge in [0.1, 0.15) is 6.04 Å². The van der Waals surface area contributed by atoms with Crippen molar-refractivity contribution < 1.29 is 22.7 Å². The molecule has 2 rings (SSSR count). The second-order valence-electron chi connectivity index (χ2n) is 6.58. The van der Waals surface area contributed by atoms with Crippen LogP contribution in [0.2, 0.25) is 0 Å². The summed E-state index contributed by atoms with van der Waals surface area (Å²) in [6, 6.07) is 9.36. The summed E-state index contributed by atoms with van der Waals surface area (Å²) in [7, 11) is -0.787. The highest BCUT2D eigenvalue weighted by atomic mass is 32.2. The lowest BCUT2D eigenvalue weighted by Crippen LogP contribution is -2.45. The average Bonchev–Trinajstić information content (AvgIpc) is 2.62. The fraction of sp³-hybridized carbons (Fsp3) is 0.350. The predicted molar refractivity (Wildman–Crippen MR) is 111 cm³/mol. The number of carbonyl (C=O) groups is 1. The van der Waals surface area contributed by atoms with E-state index in [4.69, 9.17) is 9.47 Å². The van der Waals surface area contributed by atoms with E-state index in [2.05, 4.69) is 5.32 Å². The van der Waals surface area contributed by atoms with Crippen LogP contribution in [0.4, 0.5) is 11.4 Å². The summed E-state index contributed by atoms with van der Waals surface area (Å²) in [4.78, 5) is 12.8. The normalized spacial score (nSPS) is 12.2. The Morgan fingerprint density at radius 3 is 2.21 bits per heavy atom. The zero-order chi connectivity index (χ0) is 21.1. The van der Waals surface area contributed by atoms with Crippen molar-refractivity contribution in [2.24, 2.45) is 0 Å². The predicted octanol–water partition coefficient (Wildman–Crippen LogP) is 3.11. The van der Waals surface area contributed by atoms with Gasteiger partial charge in [0.15, 0.2) is 11.5 Å². The summed E-state index contributed by atoms with van der Waals surface area (Å²) < 4.78 is 36.5. The van der Waals surface area contributed by atoms with Gasteiger partial charge in [0.2, 0.25) is 15.9 Å². The minimum Gasteiger partial charge on any atom is -0.493 e. The Morgan fingerprint density at radius 2 is 1.68 bits per heavy atom. The van der Waals surface area contributed by atoms with Gasteiger partial charge in [-0.05, 0) is 44.5 Å². The lowest BCUT2D eigenvalue weighted by molar-refractivity contribution is -0.116. The lowest BCUT2D eigenvalue weighted by Gasteiger charge is -2.29. The largest absolute Gasteiger partial charge is 0.493 e. The topological polar surface area (TPSA) is 84.9 Å². The summed E-state index contributed by atoms with van der Waals surface area (Å²) in [5, 5.41) is 2.81. The zero-order valence-corrected chi connectivity index (χ0v) is 17.8. The quantitative estimate of drug-likeness (QED) is 0.764. The van der Waals surface area contributed by atoms with Crippen molar-refractivity contribution in [3.8, 4) is 11.5 Å². The number of rotatable bonds is 7. The molecule has 0 spiro atoms. The smallest absolute Gasteiger partial charge is 0.248 e. The molecule has 1 atom stereocenters. The maximum absolute atomic E-state index is 12.8. The number of amides is 1. The fourth-order valence-corrected chi connectivity index (χ4v) is 4.13. The third-order valence-electron chi connectivity index (χ3n) is 4.35. The third kappa shape index (κ3) is 4.75. The van der Waals surface area contributed by atoms with E-state index in [1.54, 1.807) is 18.2 Å². The van der Waals surface area contributed by atoms with Crippen LogP contribution in [0.1, 0.15) is 18.1 Å². The van der Waals surface area contributed by atoms with Gasteiger partial charge in [-0.2, -0.15) is 0 Å². The van der Waals surface area contributed by atoms with Gasteiger partial charge in [0.05, 0.1) is 26.2 Å². The molecule has 0 aliphatic carbocycles. The van der Waals surface area contributed by atoms with E-state index in [-0.39, 0.29) is 0 Å². The number of aryl methyl sites for hydroxylation is 2. The second-order valence-corrected chi connectivity index (χ2v) is 8.44. The highest BCUT2D eigenvalue weighted by Gasteiger charge is 2.30. The van der Waals surface area contributed by atoms with Gasteiger partial charge >= 0.3 is 0 Å². The second kappa shape index (κ2) is 8.52. The molecule has 0 saturated carbocycles. The van der Waals surface area contributed by atoms with Gasteiger partial charge in [-0.1, -0.05) is 17.7 Å². The molecular formula is C20H26N2O5S. The maximum Gasteiger partial charge on any atom is 0.248 e. The Labute approximate surface area is 166 Å². The first kappa shape index (κ1) is 21.6. The van der Waals surface area contributed by atoms with Crippen LogP contribution in [0.3, 0.4) is 0 Å². The monoisotopic (exact) mass is 406 g/mol. The first-order valence-electron chi connectivity index (χ1n) is 8.68. The Bertz CT molecular complexity index is 973. The Kier molecular flexibility index (Phi) is 6.56. The standard InChI is InChI=1S/C20H26N2O5S/c1-13-7-9-17(14(2)11-13)21-20(23)15(3)22(28(6,24)25)16-8-10-18(26-4)19(12-16)27-5/h7-12,15H,1-6H3,(H,21,23)/t15-/m0/s1. The fourth-order valence-electron chi connectivity index (χ4n) is 2.96. The van der Waals surface area contributed by atoms with Crippen molar-refractivity contribution in [2.45, 2.75) is 26.8 Å². The first-order valence-corrected chi connectivity index (χ1v) is 10.5. The molecule has 152 valence electrons. The van der Waals surface area contributed by atoms with E-state index in [9.17, 15) is 13.2 Å². The molecule has 0 heterocycles. The molecule has 0 aromatic heterocycles. The molecule has 0 fully saturated rings. The molecule has 2 aromatic rings. The van der Waals surface area contributed by atoms with Crippen molar-refractivity contribution in [2.75, 3.05) is 30.1 Å². The van der Waals surface area contributed by atoms with Crippen molar-refractivity contribution in [1.29, 1.82) is 0 Å². The molecule has 0 saturated heterocycles. The Hall–Kier alpha value is -2.74. The summed E-state index contributed by atoms with van der Waals surface area (Å²) in [6.45, 7) is 5.39. The highest BCUT2D eigenvalue weighted by molar-refractivity contribution is 7.92. The van der Waals surface area contributed by atoms with Crippen molar-refractivity contribution in [3.05, 3.63) is 47.5 Å². The third-order valence-corrected chi connectivity index (χ3v) is 5.59. The van der Waals surface area contributed by atoms with Gasteiger partial charge in [-0.3, -0.25) is 9.10 Å². The van der Waals surface area contributed by atoms with Gasteiger partial charge in [0.25, 0.3) is 0 Å². The molecule has 0 bridgehead atoms. The van der Waals surface area contributed by atoms with Crippen LogP contribution in [0.5, 0.6) is 11.5 Å². The number of sulfonamides is 1. The number of carbonyl (C=O) groups excluding carboxylic acids is 1. The van der Waals surface area contributed by atoms with Crippen LogP contribution in [-0.4, -0.2) is 40.8 Å². The number of nitrogens with one attached hydrogen (secondary N) is 1. The molecule has 1 N–H and O–H groups in total. The number of hydrogen-bond acceptors (Lipinski definition) is 5. The van der Waals surface area contributed by atoms with Gasteiger partial charge < -0.3 is 14.8 Å². The van der Waals surface area contributed by atoms with Crippen molar-refractivity contribution in [1.82, 2.24) is 0 Å². The minimum absolute atomic E-state index is 0.309.